The van der Waals surface area contributed by atoms with Gasteiger partial charge in [-0.1, -0.05) is 35.9 Å². The Hall–Kier alpha value is -2.26. The highest BCUT2D eigenvalue weighted by atomic mass is 35.5. The second-order valence-electron chi connectivity index (χ2n) is 4.30. The molecule has 0 N–H and O–H groups in total. The first kappa shape index (κ1) is 12.8. The van der Waals surface area contributed by atoms with Crippen molar-refractivity contribution in [3.63, 3.8) is 0 Å². The number of aromatic nitrogens is 2. The summed E-state index contributed by atoms with van der Waals surface area (Å²) in [4.78, 5) is 8.06. The molecule has 0 spiro atoms. The van der Waals surface area contributed by atoms with E-state index in [0.717, 1.165) is 22.4 Å². The topological polar surface area (TPSA) is 25.8 Å². The molecule has 0 fully saturated rings. The van der Waals surface area contributed by atoms with Crippen molar-refractivity contribution >= 4 is 11.6 Å². The van der Waals surface area contributed by atoms with E-state index in [4.69, 9.17) is 11.6 Å². The van der Waals surface area contributed by atoms with Crippen LogP contribution in [0.4, 0.5) is 4.39 Å². The van der Waals surface area contributed by atoms with Gasteiger partial charge >= 0.3 is 0 Å². The summed E-state index contributed by atoms with van der Waals surface area (Å²) >= 11 is 6.31. The number of halogens is 2. The lowest BCUT2D eigenvalue weighted by molar-refractivity contribution is 0.628. The van der Waals surface area contributed by atoms with E-state index < -0.39 is 0 Å². The molecule has 0 atom stereocenters. The van der Waals surface area contributed by atoms with Crippen LogP contribution in [0, 0.1) is 5.82 Å². The molecule has 1 aromatic heterocycles. The highest BCUT2D eigenvalue weighted by Crippen LogP contribution is 2.31. The zero-order valence-corrected chi connectivity index (χ0v) is 11.2. The maximum atomic E-state index is 12.9. The molecule has 0 saturated heterocycles. The van der Waals surface area contributed by atoms with Crippen molar-refractivity contribution in [1.29, 1.82) is 0 Å². The van der Waals surface area contributed by atoms with E-state index >= 15 is 0 Å². The lowest BCUT2D eigenvalue weighted by atomic mass is 10.0. The van der Waals surface area contributed by atoms with E-state index in [2.05, 4.69) is 9.97 Å². The Morgan fingerprint density at radius 2 is 1.65 bits per heavy atom. The summed E-state index contributed by atoms with van der Waals surface area (Å²) in [7, 11) is 0. The molecule has 98 valence electrons. The Kier molecular flexibility index (Phi) is 3.44. The fourth-order valence-electron chi connectivity index (χ4n) is 1.99. The molecule has 0 bridgehead atoms. The predicted molar refractivity (Wildman–Crippen MR) is 77.9 cm³/mol. The van der Waals surface area contributed by atoms with Gasteiger partial charge in [0.25, 0.3) is 0 Å². The standard InChI is InChI=1S/C16H10ClFN2/c17-15-9-12(11-1-4-13(18)5-2-11)3-6-14(15)16-7-8-19-10-20-16/h1-10H. The van der Waals surface area contributed by atoms with Gasteiger partial charge in [0.15, 0.2) is 0 Å². The summed E-state index contributed by atoms with van der Waals surface area (Å²) < 4.78 is 12.9. The summed E-state index contributed by atoms with van der Waals surface area (Å²) in [5.74, 6) is -0.252. The third-order valence-electron chi connectivity index (χ3n) is 3.00. The van der Waals surface area contributed by atoms with Crippen molar-refractivity contribution in [2.45, 2.75) is 0 Å². The van der Waals surface area contributed by atoms with Crippen LogP contribution < -0.4 is 0 Å². The molecule has 0 aliphatic carbocycles. The lowest BCUT2D eigenvalue weighted by Crippen LogP contribution is -1.86. The molecule has 3 aromatic rings. The van der Waals surface area contributed by atoms with E-state index in [1.54, 1.807) is 24.4 Å². The number of nitrogens with zero attached hydrogens (tertiary/aromatic N) is 2. The summed E-state index contributed by atoms with van der Waals surface area (Å²) in [6.07, 6.45) is 3.16. The van der Waals surface area contributed by atoms with Crippen molar-refractivity contribution in [2.24, 2.45) is 0 Å². The van der Waals surface area contributed by atoms with Crippen molar-refractivity contribution in [3.05, 3.63) is 71.9 Å². The van der Waals surface area contributed by atoms with Gasteiger partial charge in [0.05, 0.1) is 10.7 Å². The summed E-state index contributed by atoms with van der Waals surface area (Å²) in [5, 5.41) is 0.602. The van der Waals surface area contributed by atoms with Crippen LogP contribution in [-0.4, -0.2) is 9.97 Å². The minimum atomic E-state index is -0.252. The average Bonchev–Trinajstić information content (AvgIpc) is 2.49. The Balaban J connectivity index is 2.01. The molecule has 2 nitrogen and oxygen atoms in total. The van der Waals surface area contributed by atoms with Crippen LogP contribution in [0.25, 0.3) is 22.4 Å². The second-order valence-corrected chi connectivity index (χ2v) is 4.70. The van der Waals surface area contributed by atoms with E-state index in [1.807, 2.05) is 18.2 Å². The highest BCUT2D eigenvalue weighted by molar-refractivity contribution is 6.33. The third-order valence-corrected chi connectivity index (χ3v) is 3.32. The monoisotopic (exact) mass is 284 g/mol. The van der Waals surface area contributed by atoms with E-state index in [-0.39, 0.29) is 5.82 Å². The molecule has 2 aromatic carbocycles. The Morgan fingerprint density at radius 1 is 0.900 bits per heavy atom. The van der Waals surface area contributed by atoms with Crippen molar-refractivity contribution in [2.75, 3.05) is 0 Å². The minimum Gasteiger partial charge on any atom is -0.245 e. The van der Waals surface area contributed by atoms with Crippen molar-refractivity contribution < 1.29 is 4.39 Å². The third kappa shape index (κ3) is 2.53. The zero-order chi connectivity index (χ0) is 13.9. The van der Waals surface area contributed by atoms with Gasteiger partial charge < -0.3 is 0 Å². The van der Waals surface area contributed by atoms with Crippen LogP contribution in [0.2, 0.25) is 5.02 Å². The van der Waals surface area contributed by atoms with E-state index in [9.17, 15) is 4.39 Å². The molecule has 0 unspecified atom stereocenters. The van der Waals surface area contributed by atoms with Crippen molar-refractivity contribution in [3.8, 4) is 22.4 Å². The predicted octanol–water partition coefficient (Wildman–Crippen LogP) is 4.60. The van der Waals surface area contributed by atoms with Gasteiger partial charge in [0, 0.05) is 11.8 Å². The van der Waals surface area contributed by atoms with Crippen LogP contribution in [0.3, 0.4) is 0 Å². The van der Waals surface area contributed by atoms with Gasteiger partial charge in [-0.05, 0) is 35.4 Å². The van der Waals surface area contributed by atoms with Gasteiger partial charge in [0.1, 0.15) is 12.1 Å². The molecule has 0 aliphatic rings. The summed E-state index contributed by atoms with van der Waals surface area (Å²) in [6.45, 7) is 0. The lowest BCUT2D eigenvalue weighted by Gasteiger charge is -2.07. The molecular weight excluding hydrogens is 275 g/mol. The van der Waals surface area contributed by atoms with Gasteiger partial charge in [0.2, 0.25) is 0 Å². The first-order chi connectivity index (χ1) is 9.74. The van der Waals surface area contributed by atoms with E-state index in [0.29, 0.717) is 5.02 Å². The molecule has 4 heteroatoms. The van der Waals surface area contributed by atoms with Crippen molar-refractivity contribution in [1.82, 2.24) is 9.97 Å². The fourth-order valence-corrected chi connectivity index (χ4v) is 2.27. The van der Waals surface area contributed by atoms with E-state index in [1.165, 1.54) is 18.5 Å². The van der Waals surface area contributed by atoms with Gasteiger partial charge in [-0.3, -0.25) is 0 Å². The quantitative estimate of drug-likeness (QED) is 0.687. The number of benzene rings is 2. The maximum Gasteiger partial charge on any atom is 0.123 e. The van der Waals surface area contributed by atoms with Gasteiger partial charge in [-0.25, -0.2) is 14.4 Å². The van der Waals surface area contributed by atoms with Crippen LogP contribution >= 0.6 is 11.6 Å². The minimum absolute atomic E-state index is 0.252. The fraction of sp³-hybridized carbons (Fsp3) is 0. The van der Waals surface area contributed by atoms with Gasteiger partial charge in [-0.2, -0.15) is 0 Å². The van der Waals surface area contributed by atoms with Crippen LogP contribution in [-0.2, 0) is 0 Å². The average molecular weight is 285 g/mol. The molecule has 0 radical (unpaired) electrons. The first-order valence-corrected chi connectivity index (χ1v) is 6.44. The maximum absolute atomic E-state index is 12.9. The Morgan fingerprint density at radius 3 is 2.30 bits per heavy atom. The largest absolute Gasteiger partial charge is 0.245 e. The zero-order valence-electron chi connectivity index (χ0n) is 10.4. The van der Waals surface area contributed by atoms with Crippen LogP contribution in [0.5, 0.6) is 0 Å². The SMILES string of the molecule is Fc1ccc(-c2ccc(-c3ccncn3)c(Cl)c2)cc1. The Bertz CT molecular complexity index is 727. The normalized spacial score (nSPS) is 10.5. The molecule has 0 amide bonds. The summed E-state index contributed by atoms with van der Waals surface area (Å²) in [5.41, 5.74) is 3.48. The molecule has 1 heterocycles. The number of hydrogen-bond acceptors (Lipinski definition) is 2. The number of rotatable bonds is 2. The van der Waals surface area contributed by atoms with Crippen LogP contribution in [0.15, 0.2) is 61.1 Å². The molecule has 0 aliphatic heterocycles. The van der Waals surface area contributed by atoms with Crippen LogP contribution in [0.1, 0.15) is 0 Å². The molecule has 0 saturated carbocycles. The molecule has 20 heavy (non-hydrogen) atoms. The number of hydrogen-bond donors (Lipinski definition) is 0. The second kappa shape index (κ2) is 5.39. The first-order valence-electron chi connectivity index (χ1n) is 6.06. The van der Waals surface area contributed by atoms with Gasteiger partial charge in [-0.15, -0.1) is 0 Å². The smallest absolute Gasteiger partial charge is 0.123 e. The molecule has 3 rings (SSSR count). The Labute approximate surface area is 120 Å². The molecular formula is C16H10ClFN2. The summed E-state index contributed by atoms with van der Waals surface area (Å²) in [6, 6.07) is 13.8. The highest BCUT2D eigenvalue weighted by Gasteiger charge is 2.07.